The minimum Gasteiger partial charge on any atom is -0.368 e. The summed E-state index contributed by atoms with van der Waals surface area (Å²) >= 11 is 0. The van der Waals surface area contributed by atoms with Gasteiger partial charge in [-0.05, 0) is 0 Å². The number of carbonyl (C=O) groups excluding carboxylic acids is 1. The number of urea groups is 1. The molecule has 16 heavy (non-hydrogen) atoms. The summed E-state index contributed by atoms with van der Waals surface area (Å²) in [4.78, 5) is 68.6. The third-order valence-electron chi connectivity index (χ3n) is 0.696. The molecule has 1 saturated heterocycles. The average molecular weight is 278 g/mol. The predicted octanol–water partition coefficient (Wildman–Crippen LogP) is -5.92. The molecule has 0 aromatic carbocycles. The molecule has 0 spiro atoms. The van der Waals surface area contributed by atoms with Crippen molar-refractivity contribution < 1.29 is 43.2 Å². The van der Waals surface area contributed by atoms with Crippen LogP contribution in [0.5, 0.6) is 0 Å². The maximum atomic E-state index is 10.0. The van der Waals surface area contributed by atoms with E-state index in [0.29, 0.717) is 0 Å². The van der Waals surface area contributed by atoms with Gasteiger partial charge in [0.05, 0.1) is 0 Å². The fourth-order valence-electron chi connectivity index (χ4n) is 0.415. The summed E-state index contributed by atoms with van der Waals surface area (Å²) in [6, 6.07) is -0.0463. The molecule has 0 unspecified atom stereocenters. The zero-order valence-electron chi connectivity index (χ0n) is 7.90. The van der Waals surface area contributed by atoms with Crippen molar-refractivity contribution in [2.75, 3.05) is 13.1 Å². The van der Waals surface area contributed by atoms with Crippen molar-refractivity contribution in [2.24, 2.45) is 0 Å². The van der Waals surface area contributed by atoms with Crippen molar-refractivity contribution in [3.05, 3.63) is 0 Å². The Morgan fingerprint density at radius 1 is 0.750 bits per heavy atom. The molecule has 0 atom stereocenters. The summed E-state index contributed by atoms with van der Waals surface area (Å²) in [6.07, 6.45) is 0. The molecule has 13 heteroatoms. The van der Waals surface area contributed by atoms with E-state index in [2.05, 4.69) is 10.6 Å². The number of amides is 2. The van der Waals surface area contributed by atoms with Crippen LogP contribution >= 0.6 is 0 Å². The van der Waals surface area contributed by atoms with E-state index in [-0.39, 0.29) is 6.03 Å². The molecule has 0 aromatic heterocycles. The SMILES string of the molecule is O=C1NCCN1.O[Si](O)(O)O.O[Si](O)(O)O. The van der Waals surface area contributed by atoms with Crippen LogP contribution in [0.25, 0.3) is 0 Å². The summed E-state index contributed by atoms with van der Waals surface area (Å²) in [5.41, 5.74) is 0. The van der Waals surface area contributed by atoms with E-state index in [0.717, 1.165) is 13.1 Å². The van der Waals surface area contributed by atoms with Crippen LogP contribution in [0.4, 0.5) is 4.79 Å². The molecule has 1 fully saturated rings. The number of carbonyl (C=O) groups is 1. The highest BCUT2D eigenvalue weighted by atomic mass is 28.4. The van der Waals surface area contributed by atoms with Gasteiger partial charge >= 0.3 is 24.1 Å². The first-order valence-corrected chi connectivity index (χ1v) is 7.28. The Kier molecular flexibility index (Phi) is 8.47. The third-order valence-corrected chi connectivity index (χ3v) is 0.696. The highest BCUT2D eigenvalue weighted by Crippen LogP contribution is 1.70. The van der Waals surface area contributed by atoms with Crippen LogP contribution in [-0.4, -0.2) is 75.6 Å². The minimum absolute atomic E-state index is 0.0463. The summed E-state index contributed by atoms with van der Waals surface area (Å²) in [5.74, 6) is 0. The first kappa shape index (κ1) is 17.8. The molecule has 1 rings (SSSR count). The van der Waals surface area contributed by atoms with Gasteiger partial charge in [-0.1, -0.05) is 0 Å². The van der Waals surface area contributed by atoms with Gasteiger partial charge in [-0.2, -0.15) is 0 Å². The van der Waals surface area contributed by atoms with Gasteiger partial charge < -0.3 is 49.0 Å². The Labute approximate surface area is 91.8 Å². The van der Waals surface area contributed by atoms with E-state index in [9.17, 15) is 4.79 Å². The van der Waals surface area contributed by atoms with E-state index >= 15 is 0 Å². The zero-order chi connectivity index (χ0) is 13.4. The number of rotatable bonds is 0. The van der Waals surface area contributed by atoms with Crippen molar-refractivity contribution in [3.63, 3.8) is 0 Å². The van der Waals surface area contributed by atoms with Crippen LogP contribution in [0.3, 0.4) is 0 Å². The van der Waals surface area contributed by atoms with Gasteiger partial charge in [0, 0.05) is 13.1 Å². The van der Waals surface area contributed by atoms with Crippen molar-refractivity contribution in [1.29, 1.82) is 0 Å². The lowest BCUT2D eigenvalue weighted by Crippen LogP contribution is -2.33. The molecule has 0 aliphatic carbocycles. The Bertz CT molecular complexity index is 168. The van der Waals surface area contributed by atoms with Gasteiger partial charge in [0.25, 0.3) is 0 Å². The zero-order valence-corrected chi connectivity index (χ0v) is 9.90. The monoisotopic (exact) mass is 278 g/mol. The molecule has 10 N–H and O–H groups in total. The fourth-order valence-corrected chi connectivity index (χ4v) is 0.415. The van der Waals surface area contributed by atoms with Gasteiger partial charge in [0.2, 0.25) is 0 Å². The van der Waals surface area contributed by atoms with E-state index in [1.807, 2.05) is 0 Å². The van der Waals surface area contributed by atoms with E-state index < -0.39 is 18.1 Å². The highest BCUT2D eigenvalue weighted by molar-refractivity contribution is 6.47. The summed E-state index contributed by atoms with van der Waals surface area (Å²) < 4.78 is 0. The van der Waals surface area contributed by atoms with Gasteiger partial charge in [0.1, 0.15) is 0 Å². The van der Waals surface area contributed by atoms with Crippen LogP contribution in [0.2, 0.25) is 0 Å². The van der Waals surface area contributed by atoms with Gasteiger partial charge in [-0.3, -0.25) is 0 Å². The third kappa shape index (κ3) is 50.4. The van der Waals surface area contributed by atoms with Crippen LogP contribution in [-0.2, 0) is 0 Å². The summed E-state index contributed by atoms with van der Waals surface area (Å²) in [7, 11) is -9.22. The predicted molar refractivity (Wildman–Crippen MR) is 50.7 cm³/mol. The first-order chi connectivity index (χ1) is 6.89. The van der Waals surface area contributed by atoms with Crippen molar-refractivity contribution in [2.45, 2.75) is 0 Å². The smallest absolute Gasteiger partial charge is 0.368 e. The maximum absolute atomic E-state index is 10.0. The Morgan fingerprint density at radius 3 is 1.00 bits per heavy atom. The van der Waals surface area contributed by atoms with Gasteiger partial charge in [-0.25, -0.2) is 4.79 Å². The molecule has 98 valence electrons. The summed E-state index contributed by atoms with van der Waals surface area (Å²) in [6.45, 7) is 1.55. The van der Waals surface area contributed by atoms with Gasteiger partial charge in [0.15, 0.2) is 0 Å². The first-order valence-electron chi connectivity index (χ1n) is 3.70. The highest BCUT2D eigenvalue weighted by Gasteiger charge is 2.22. The topological polar surface area (TPSA) is 203 Å². The van der Waals surface area contributed by atoms with Gasteiger partial charge in [-0.15, -0.1) is 0 Å². The van der Waals surface area contributed by atoms with Crippen LogP contribution < -0.4 is 10.6 Å². The van der Waals surface area contributed by atoms with Crippen LogP contribution in [0, 0.1) is 0 Å². The Hall–Kier alpha value is -0.616. The molecule has 1 heterocycles. The molecule has 1 aliphatic heterocycles. The molecule has 1 aliphatic rings. The summed E-state index contributed by atoms with van der Waals surface area (Å²) in [5, 5.41) is 5.14. The average Bonchev–Trinajstić information content (AvgIpc) is 2.30. The fraction of sp³-hybridized carbons (Fsp3) is 0.667. The normalized spacial score (nSPS) is 14.9. The van der Waals surface area contributed by atoms with Crippen LogP contribution in [0.1, 0.15) is 0 Å². The standard InChI is InChI=1S/C3H6N2O.2H4O4Si/c6-3-4-1-2-5-3;2*1-5(2,3)4/h1-2H2,(H2,4,5,6);2*1-4H. The van der Waals surface area contributed by atoms with E-state index in [1.54, 1.807) is 0 Å². The lowest BCUT2D eigenvalue weighted by atomic mass is 10.7. The molecule has 2 amide bonds. The van der Waals surface area contributed by atoms with E-state index in [1.165, 1.54) is 0 Å². The molecule has 11 nitrogen and oxygen atoms in total. The molecule has 0 saturated carbocycles. The number of hydrogen-bond donors (Lipinski definition) is 10. The molecule has 0 radical (unpaired) electrons. The second-order valence-electron chi connectivity index (χ2n) is 2.38. The molecular formula is C3H14N2O9Si2. The second-order valence-corrected chi connectivity index (χ2v) is 4.78. The maximum Gasteiger partial charge on any atom is 0.668 e. The van der Waals surface area contributed by atoms with E-state index in [4.69, 9.17) is 38.4 Å². The quantitative estimate of drug-likeness (QED) is 0.191. The molecule has 0 aromatic rings. The largest absolute Gasteiger partial charge is 0.668 e. The molecular weight excluding hydrogens is 264 g/mol. The second kappa shape index (κ2) is 7.62. The number of hydrogen-bond acceptors (Lipinski definition) is 9. The lowest BCUT2D eigenvalue weighted by molar-refractivity contribution is 0.115. The molecule has 0 bridgehead atoms. The Morgan fingerprint density at radius 2 is 0.938 bits per heavy atom. The van der Waals surface area contributed by atoms with Crippen molar-refractivity contribution in [3.8, 4) is 0 Å². The number of nitrogens with one attached hydrogen (secondary N) is 2. The van der Waals surface area contributed by atoms with Crippen molar-refractivity contribution in [1.82, 2.24) is 10.6 Å². The minimum atomic E-state index is -4.61. The van der Waals surface area contributed by atoms with Crippen LogP contribution in [0.15, 0.2) is 0 Å². The lowest BCUT2D eigenvalue weighted by Gasteiger charge is -1.91. The Balaban J connectivity index is 0. The van der Waals surface area contributed by atoms with Crippen molar-refractivity contribution >= 4 is 24.1 Å².